The summed E-state index contributed by atoms with van der Waals surface area (Å²) in [6.07, 6.45) is 0. The molecule has 3 rings (SSSR count). The molecule has 0 radical (unpaired) electrons. The van der Waals surface area contributed by atoms with Crippen LogP contribution in [0.3, 0.4) is 0 Å². The summed E-state index contributed by atoms with van der Waals surface area (Å²) in [6, 6.07) is 15.1. The number of aromatic nitrogens is 2. The SMILES string of the molecule is Cc1ccccc1-c1nnc(COc2ccccc2Cl)o1. The standard InChI is InChI=1S/C16H13ClN2O2/c1-11-6-2-3-7-12(11)16-19-18-15(21-16)10-20-14-9-5-4-8-13(14)17/h2-9H,10H2,1H3. The number of aryl methyl sites for hydroxylation is 1. The number of hydrogen-bond donors (Lipinski definition) is 0. The van der Waals surface area contributed by atoms with Crippen LogP contribution in [-0.2, 0) is 6.61 Å². The molecule has 1 aromatic heterocycles. The summed E-state index contributed by atoms with van der Waals surface area (Å²) in [6.45, 7) is 2.18. The first-order valence-electron chi connectivity index (χ1n) is 6.50. The van der Waals surface area contributed by atoms with E-state index in [1.165, 1.54) is 0 Å². The van der Waals surface area contributed by atoms with Crippen molar-refractivity contribution in [2.45, 2.75) is 13.5 Å². The van der Waals surface area contributed by atoms with Gasteiger partial charge in [0.1, 0.15) is 5.75 Å². The summed E-state index contributed by atoms with van der Waals surface area (Å²) in [7, 11) is 0. The molecular weight excluding hydrogens is 288 g/mol. The Labute approximate surface area is 127 Å². The summed E-state index contributed by atoms with van der Waals surface area (Å²) < 4.78 is 11.2. The maximum absolute atomic E-state index is 6.02. The first-order chi connectivity index (χ1) is 10.2. The van der Waals surface area contributed by atoms with Gasteiger partial charge >= 0.3 is 0 Å². The smallest absolute Gasteiger partial charge is 0.254 e. The van der Waals surface area contributed by atoms with Crippen LogP contribution in [0, 0.1) is 6.92 Å². The van der Waals surface area contributed by atoms with Crippen LogP contribution in [0.15, 0.2) is 52.9 Å². The molecule has 0 aliphatic carbocycles. The molecule has 21 heavy (non-hydrogen) atoms. The molecule has 0 amide bonds. The molecule has 0 saturated heterocycles. The van der Waals surface area contributed by atoms with Gasteiger partial charge in [-0.05, 0) is 30.7 Å². The van der Waals surface area contributed by atoms with Gasteiger partial charge in [0.25, 0.3) is 5.89 Å². The molecule has 106 valence electrons. The molecule has 3 aromatic rings. The molecule has 4 nitrogen and oxygen atoms in total. The van der Waals surface area contributed by atoms with Crippen molar-refractivity contribution in [3.8, 4) is 17.2 Å². The van der Waals surface area contributed by atoms with E-state index in [2.05, 4.69) is 10.2 Å². The van der Waals surface area contributed by atoms with Gasteiger partial charge in [-0.1, -0.05) is 41.9 Å². The number of hydrogen-bond acceptors (Lipinski definition) is 4. The lowest BCUT2D eigenvalue weighted by atomic mass is 10.1. The van der Waals surface area contributed by atoms with Gasteiger partial charge in [-0.3, -0.25) is 0 Å². The van der Waals surface area contributed by atoms with Crippen molar-refractivity contribution >= 4 is 11.6 Å². The first-order valence-corrected chi connectivity index (χ1v) is 6.87. The van der Waals surface area contributed by atoms with E-state index in [1.54, 1.807) is 12.1 Å². The van der Waals surface area contributed by atoms with Gasteiger partial charge in [0.2, 0.25) is 5.89 Å². The Balaban J connectivity index is 1.74. The third-order valence-electron chi connectivity index (χ3n) is 3.03. The summed E-state index contributed by atoms with van der Waals surface area (Å²) >= 11 is 6.02. The van der Waals surface area contributed by atoms with E-state index in [-0.39, 0.29) is 6.61 Å². The van der Waals surface area contributed by atoms with Crippen molar-refractivity contribution in [1.82, 2.24) is 10.2 Å². The number of halogens is 1. The monoisotopic (exact) mass is 300 g/mol. The molecule has 0 saturated carbocycles. The lowest BCUT2D eigenvalue weighted by molar-refractivity contribution is 0.264. The fraction of sp³-hybridized carbons (Fsp3) is 0.125. The predicted molar refractivity (Wildman–Crippen MR) is 80.3 cm³/mol. The molecule has 5 heteroatoms. The van der Waals surface area contributed by atoms with Gasteiger partial charge in [-0.15, -0.1) is 10.2 Å². The predicted octanol–water partition coefficient (Wildman–Crippen LogP) is 4.28. The molecule has 0 atom stereocenters. The Morgan fingerprint density at radius 2 is 1.81 bits per heavy atom. The van der Waals surface area contributed by atoms with E-state index in [1.807, 2.05) is 43.3 Å². The minimum Gasteiger partial charge on any atom is -0.482 e. The largest absolute Gasteiger partial charge is 0.482 e. The quantitative estimate of drug-likeness (QED) is 0.721. The van der Waals surface area contributed by atoms with E-state index < -0.39 is 0 Å². The van der Waals surface area contributed by atoms with Crippen LogP contribution in [0.25, 0.3) is 11.5 Å². The van der Waals surface area contributed by atoms with Crippen LogP contribution in [0.1, 0.15) is 11.5 Å². The Morgan fingerprint density at radius 1 is 1.05 bits per heavy atom. The molecule has 0 unspecified atom stereocenters. The highest BCUT2D eigenvalue weighted by molar-refractivity contribution is 6.32. The lowest BCUT2D eigenvalue weighted by Crippen LogP contribution is -1.96. The molecule has 0 aliphatic rings. The summed E-state index contributed by atoms with van der Waals surface area (Å²) in [5.74, 6) is 1.49. The van der Waals surface area contributed by atoms with Crippen LogP contribution in [0.4, 0.5) is 0 Å². The van der Waals surface area contributed by atoms with Gasteiger partial charge in [0.05, 0.1) is 5.02 Å². The van der Waals surface area contributed by atoms with Crippen molar-refractivity contribution in [3.63, 3.8) is 0 Å². The lowest BCUT2D eigenvalue weighted by Gasteiger charge is -2.04. The minimum atomic E-state index is 0.183. The van der Waals surface area contributed by atoms with E-state index in [9.17, 15) is 0 Å². The van der Waals surface area contributed by atoms with Crippen molar-refractivity contribution in [3.05, 3.63) is 65.0 Å². The van der Waals surface area contributed by atoms with Gasteiger partial charge in [-0.2, -0.15) is 0 Å². The van der Waals surface area contributed by atoms with E-state index in [0.29, 0.717) is 22.6 Å². The summed E-state index contributed by atoms with van der Waals surface area (Å²) in [4.78, 5) is 0. The normalized spacial score (nSPS) is 10.6. The molecule has 0 N–H and O–H groups in total. The molecule has 0 bridgehead atoms. The highest BCUT2D eigenvalue weighted by atomic mass is 35.5. The third kappa shape index (κ3) is 3.06. The first kappa shape index (κ1) is 13.6. The van der Waals surface area contributed by atoms with Gasteiger partial charge in [0, 0.05) is 5.56 Å². The highest BCUT2D eigenvalue weighted by Crippen LogP contribution is 2.25. The second kappa shape index (κ2) is 5.97. The summed E-state index contributed by atoms with van der Waals surface area (Å²) in [5, 5.41) is 8.60. The molecule has 2 aromatic carbocycles. The fourth-order valence-electron chi connectivity index (χ4n) is 1.93. The van der Waals surface area contributed by atoms with Crippen molar-refractivity contribution in [2.24, 2.45) is 0 Å². The topological polar surface area (TPSA) is 48.2 Å². The number of rotatable bonds is 4. The average molecular weight is 301 g/mol. The zero-order chi connectivity index (χ0) is 14.7. The maximum atomic E-state index is 6.02. The fourth-order valence-corrected chi connectivity index (χ4v) is 2.13. The van der Waals surface area contributed by atoms with Crippen LogP contribution < -0.4 is 4.74 Å². The highest BCUT2D eigenvalue weighted by Gasteiger charge is 2.11. The van der Waals surface area contributed by atoms with Crippen molar-refractivity contribution in [2.75, 3.05) is 0 Å². The summed E-state index contributed by atoms with van der Waals surface area (Å²) in [5.41, 5.74) is 2.01. The van der Waals surface area contributed by atoms with Crippen molar-refractivity contribution in [1.29, 1.82) is 0 Å². The van der Waals surface area contributed by atoms with Crippen LogP contribution in [-0.4, -0.2) is 10.2 Å². The van der Waals surface area contributed by atoms with E-state index in [0.717, 1.165) is 11.1 Å². The third-order valence-corrected chi connectivity index (χ3v) is 3.34. The number of nitrogens with zero attached hydrogens (tertiary/aromatic N) is 2. The maximum Gasteiger partial charge on any atom is 0.254 e. The van der Waals surface area contributed by atoms with Crippen molar-refractivity contribution < 1.29 is 9.15 Å². The minimum absolute atomic E-state index is 0.183. The molecular formula is C16H13ClN2O2. The average Bonchev–Trinajstić information content (AvgIpc) is 2.96. The molecule has 0 fully saturated rings. The zero-order valence-electron chi connectivity index (χ0n) is 11.4. The second-order valence-electron chi connectivity index (χ2n) is 4.53. The Morgan fingerprint density at radius 3 is 2.62 bits per heavy atom. The van der Waals surface area contributed by atoms with Crippen LogP contribution in [0.5, 0.6) is 5.75 Å². The Bertz CT molecular complexity index is 755. The van der Waals surface area contributed by atoms with Gasteiger partial charge < -0.3 is 9.15 Å². The number of para-hydroxylation sites is 1. The van der Waals surface area contributed by atoms with Gasteiger partial charge in [0.15, 0.2) is 6.61 Å². The van der Waals surface area contributed by atoms with Crippen LogP contribution in [0.2, 0.25) is 5.02 Å². The van der Waals surface area contributed by atoms with E-state index >= 15 is 0 Å². The van der Waals surface area contributed by atoms with Gasteiger partial charge in [-0.25, -0.2) is 0 Å². The van der Waals surface area contributed by atoms with E-state index in [4.69, 9.17) is 20.8 Å². The number of benzene rings is 2. The zero-order valence-corrected chi connectivity index (χ0v) is 12.2. The van der Waals surface area contributed by atoms with Crippen LogP contribution >= 0.6 is 11.6 Å². The molecule has 0 spiro atoms. The Hall–Kier alpha value is -2.33. The molecule has 1 heterocycles. The Kier molecular flexibility index (Phi) is 3.88. The number of ether oxygens (including phenoxy) is 1. The second-order valence-corrected chi connectivity index (χ2v) is 4.94. The molecule has 0 aliphatic heterocycles.